The number of benzene rings is 1. The number of nitrogens with one attached hydrogen (secondary N) is 2. The van der Waals surface area contributed by atoms with Gasteiger partial charge in [-0.1, -0.05) is 18.2 Å². The highest BCUT2D eigenvalue weighted by Gasteiger charge is 1.98. The summed E-state index contributed by atoms with van der Waals surface area (Å²) in [6.45, 7) is 1.46. The zero-order chi connectivity index (χ0) is 16.1. The summed E-state index contributed by atoms with van der Waals surface area (Å²) >= 11 is 0. The summed E-state index contributed by atoms with van der Waals surface area (Å²) in [4.78, 5) is 19.7. The van der Waals surface area contributed by atoms with Gasteiger partial charge in [-0.15, -0.1) is 0 Å². The van der Waals surface area contributed by atoms with Crippen molar-refractivity contribution in [3.63, 3.8) is 0 Å². The molecule has 3 rings (SSSR count). The lowest BCUT2D eigenvalue weighted by molar-refractivity contribution is -0.114. The summed E-state index contributed by atoms with van der Waals surface area (Å²) in [5.74, 6) is 0.524. The minimum absolute atomic E-state index is 0.127. The molecule has 2 aromatic heterocycles. The van der Waals surface area contributed by atoms with Gasteiger partial charge in [0.15, 0.2) is 0 Å². The molecule has 2 heterocycles. The van der Waals surface area contributed by atoms with E-state index in [0.29, 0.717) is 17.2 Å². The summed E-state index contributed by atoms with van der Waals surface area (Å²) in [6, 6.07) is 15.2. The minimum atomic E-state index is -0.127. The second-order valence-corrected chi connectivity index (χ2v) is 4.91. The summed E-state index contributed by atoms with van der Waals surface area (Å²) in [7, 11) is 0. The third-order valence-electron chi connectivity index (χ3n) is 3.08. The van der Waals surface area contributed by atoms with E-state index < -0.39 is 0 Å². The Morgan fingerprint density at radius 2 is 2.04 bits per heavy atom. The number of hydrogen-bond acceptors (Lipinski definition) is 5. The van der Waals surface area contributed by atoms with Gasteiger partial charge in [0.05, 0.1) is 17.4 Å². The number of hydrazone groups is 1. The third-order valence-corrected chi connectivity index (χ3v) is 3.08. The van der Waals surface area contributed by atoms with E-state index in [0.717, 1.165) is 10.9 Å². The molecule has 0 saturated carbocycles. The van der Waals surface area contributed by atoms with Crippen LogP contribution in [0.5, 0.6) is 0 Å². The Bertz CT molecular complexity index is 875. The number of anilines is 2. The summed E-state index contributed by atoms with van der Waals surface area (Å²) in [5.41, 5.74) is 5.09. The molecule has 6 heteroatoms. The average molecular weight is 305 g/mol. The van der Waals surface area contributed by atoms with Gasteiger partial charge in [0.2, 0.25) is 5.91 Å². The minimum Gasteiger partial charge on any atom is -0.326 e. The molecule has 0 fully saturated rings. The predicted octanol–water partition coefficient (Wildman–Crippen LogP) is 3.03. The molecule has 0 atom stereocenters. The number of nitrogens with zero attached hydrogens (tertiary/aromatic N) is 3. The molecule has 0 radical (unpaired) electrons. The Morgan fingerprint density at radius 3 is 2.91 bits per heavy atom. The van der Waals surface area contributed by atoms with Crippen molar-refractivity contribution in [3.8, 4) is 0 Å². The fourth-order valence-electron chi connectivity index (χ4n) is 2.09. The van der Waals surface area contributed by atoms with Gasteiger partial charge in [-0.25, -0.2) is 4.98 Å². The van der Waals surface area contributed by atoms with Crippen LogP contribution >= 0.6 is 0 Å². The highest BCUT2D eigenvalue weighted by molar-refractivity contribution is 5.90. The number of fused-ring (bicyclic) bond motifs is 1. The maximum Gasteiger partial charge on any atom is 0.221 e. The molecule has 0 aliphatic carbocycles. The molecule has 0 aliphatic rings. The first-order chi connectivity index (χ1) is 11.2. The second-order valence-electron chi connectivity index (χ2n) is 4.91. The molecule has 0 spiro atoms. The fourth-order valence-corrected chi connectivity index (χ4v) is 2.09. The maximum atomic E-state index is 11.0. The van der Waals surface area contributed by atoms with E-state index in [1.54, 1.807) is 24.5 Å². The van der Waals surface area contributed by atoms with Gasteiger partial charge in [-0.3, -0.25) is 15.2 Å². The number of carbonyl (C=O) groups is 1. The quantitative estimate of drug-likeness (QED) is 0.573. The Balaban J connectivity index is 1.71. The maximum absolute atomic E-state index is 11.0. The highest BCUT2D eigenvalue weighted by Crippen LogP contribution is 2.14. The van der Waals surface area contributed by atoms with Crippen LogP contribution in [0, 0.1) is 0 Å². The van der Waals surface area contributed by atoms with Gasteiger partial charge >= 0.3 is 0 Å². The van der Waals surface area contributed by atoms with Crippen molar-refractivity contribution in [1.29, 1.82) is 0 Å². The average Bonchev–Trinajstić information content (AvgIpc) is 2.54. The Morgan fingerprint density at radius 1 is 1.17 bits per heavy atom. The normalized spacial score (nSPS) is 10.8. The van der Waals surface area contributed by atoms with Crippen LogP contribution in [0.4, 0.5) is 11.5 Å². The molecular formula is C17H15N5O. The lowest BCUT2D eigenvalue weighted by atomic mass is 10.2. The molecule has 1 amide bonds. The lowest BCUT2D eigenvalue weighted by Crippen LogP contribution is -2.06. The van der Waals surface area contributed by atoms with Gasteiger partial charge in [0.25, 0.3) is 0 Å². The van der Waals surface area contributed by atoms with Gasteiger partial charge < -0.3 is 5.32 Å². The van der Waals surface area contributed by atoms with E-state index in [9.17, 15) is 4.79 Å². The Hall–Kier alpha value is -3.28. The number of carbonyl (C=O) groups excluding carboxylic acids is 1. The zero-order valence-electron chi connectivity index (χ0n) is 12.5. The number of amides is 1. The van der Waals surface area contributed by atoms with Crippen molar-refractivity contribution in [2.24, 2.45) is 5.10 Å². The first-order valence-corrected chi connectivity index (χ1v) is 7.09. The van der Waals surface area contributed by atoms with Crippen LogP contribution in [0.25, 0.3) is 10.9 Å². The van der Waals surface area contributed by atoms with Crippen LogP contribution in [0.2, 0.25) is 0 Å². The van der Waals surface area contributed by atoms with Gasteiger partial charge in [0, 0.05) is 24.2 Å². The lowest BCUT2D eigenvalue weighted by Gasteiger charge is -2.03. The molecule has 0 aliphatic heterocycles. The topological polar surface area (TPSA) is 79.3 Å². The molecule has 6 nitrogen and oxygen atoms in total. The van der Waals surface area contributed by atoms with Crippen molar-refractivity contribution < 1.29 is 4.79 Å². The molecule has 114 valence electrons. The number of rotatable bonds is 4. The molecule has 0 saturated heterocycles. The number of aromatic nitrogens is 2. The summed E-state index contributed by atoms with van der Waals surface area (Å²) in [5, 5.41) is 7.90. The number of pyridine rings is 2. The number of hydrogen-bond donors (Lipinski definition) is 2. The molecule has 23 heavy (non-hydrogen) atoms. The molecule has 2 N–H and O–H groups in total. The predicted molar refractivity (Wildman–Crippen MR) is 91.5 cm³/mol. The zero-order valence-corrected chi connectivity index (χ0v) is 12.5. The molecule has 0 bridgehead atoms. The standard InChI is InChI=1S/C17H15N5O/c1-12(23)20-14-8-9-18-15(10-14)11-19-22-17-7-6-13-4-2-3-5-16(13)21-17/h2-11H,1H3,(H,21,22)(H,18,20,23). The van der Waals surface area contributed by atoms with Crippen LogP contribution in [-0.4, -0.2) is 22.1 Å². The monoisotopic (exact) mass is 305 g/mol. The van der Waals surface area contributed by atoms with Crippen molar-refractivity contribution in [3.05, 3.63) is 60.4 Å². The van der Waals surface area contributed by atoms with E-state index in [-0.39, 0.29) is 5.91 Å². The molecule has 0 unspecified atom stereocenters. The third kappa shape index (κ3) is 3.88. The summed E-state index contributed by atoms with van der Waals surface area (Å²) < 4.78 is 0. The molecular weight excluding hydrogens is 290 g/mol. The fraction of sp³-hybridized carbons (Fsp3) is 0.0588. The highest BCUT2D eigenvalue weighted by atomic mass is 16.1. The van der Waals surface area contributed by atoms with Crippen LogP contribution in [0.15, 0.2) is 59.8 Å². The second kappa shape index (κ2) is 6.65. The van der Waals surface area contributed by atoms with E-state index >= 15 is 0 Å². The first kappa shape index (κ1) is 14.6. The van der Waals surface area contributed by atoms with Crippen molar-refractivity contribution >= 4 is 34.5 Å². The smallest absolute Gasteiger partial charge is 0.221 e. The van der Waals surface area contributed by atoms with Crippen LogP contribution in [0.3, 0.4) is 0 Å². The van der Waals surface area contributed by atoms with Gasteiger partial charge in [-0.05, 0) is 30.3 Å². The first-order valence-electron chi connectivity index (χ1n) is 7.09. The van der Waals surface area contributed by atoms with Crippen LogP contribution in [0.1, 0.15) is 12.6 Å². The van der Waals surface area contributed by atoms with Crippen molar-refractivity contribution in [2.75, 3.05) is 10.7 Å². The number of para-hydroxylation sites is 1. The van der Waals surface area contributed by atoms with E-state index in [1.165, 1.54) is 6.92 Å². The SMILES string of the molecule is CC(=O)Nc1ccnc(C=NNc2ccc3ccccc3n2)c1. The van der Waals surface area contributed by atoms with Crippen molar-refractivity contribution in [2.45, 2.75) is 6.92 Å². The summed E-state index contributed by atoms with van der Waals surface area (Å²) in [6.07, 6.45) is 3.18. The Labute approximate surface area is 133 Å². The van der Waals surface area contributed by atoms with Gasteiger partial charge in [-0.2, -0.15) is 5.10 Å². The van der Waals surface area contributed by atoms with Crippen LogP contribution in [-0.2, 0) is 4.79 Å². The van der Waals surface area contributed by atoms with E-state index in [1.807, 2.05) is 36.4 Å². The van der Waals surface area contributed by atoms with Gasteiger partial charge in [0.1, 0.15) is 5.82 Å². The van der Waals surface area contributed by atoms with Crippen LogP contribution < -0.4 is 10.7 Å². The largest absolute Gasteiger partial charge is 0.326 e. The Kier molecular flexibility index (Phi) is 4.24. The molecule has 1 aromatic carbocycles. The van der Waals surface area contributed by atoms with Crippen molar-refractivity contribution in [1.82, 2.24) is 9.97 Å². The molecule has 3 aromatic rings. The van der Waals surface area contributed by atoms with E-state index in [2.05, 4.69) is 25.8 Å². The van der Waals surface area contributed by atoms with E-state index in [4.69, 9.17) is 0 Å².